The molecule has 0 radical (unpaired) electrons. The highest BCUT2D eigenvalue weighted by molar-refractivity contribution is 7.92. The first-order valence-electron chi connectivity index (χ1n) is 10.5. The summed E-state index contributed by atoms with van der Waals surface area (Å²) in [6, 6.07) is 11.2. The Morgan fingerprint density at radius 2 is 1.65 bits per heavy atom. The van der Waals surface area contributed by atoms with Crippen molar-refractivity contribution in [2.24, 2.45) is 0 Å². The van der Waals surface area contributed by atoms with E-state index in [-0.39, 0.29) is 37.8 Å². The summed E-state index contributed by atoms with van der Waals surface area (Å²) >= 11 is 18.2. The molecule has 0 aliphatic carbocycles. The van der Waals surface area contributed by atoms with Crippen LogP contribution in [0.5, 0.6) is 0 Å². The Bertz CT molecular complexity index is 1530. The summed E-state index contributed by atoms with van der Waals surface area (Å²) in [5.74, 6) is -0.0325. The molecule has 1 N–H and O–H groups in total. The number of nitrogens with one attached hydrogen (secondary N) is 1. The van der Waals surface area contributed by atoms with E-state index in [1.807, 2.05) is 13.0 Å². The van der Waals surface area contributed by atoms with E-state index < -0.39 is 16.0 Å². The molecule has 1 heterocycles. The molecule has 0 saturated carbocycles. The zero-order valence-corrected chi connectivity index (χ0v) is 21.3. The lowest BCUT2D eigenvalue weighted by Gasteiger charge is -2.13. The van der Waals surface area contributed by atoms with Gasteiger partial charge in [-0.1, -0.05) is 66.0 Å². The third-order valence-electron chi connectivity index (χ3n) is 5.23. The molecule has 0 atom stereocenters. The average molecular weight is 541 g/mol. The van der Waals surface area contributed by atoms with Gasteiger partial charge in [-0.3, -0.25) is 4.72 Å². The van der Waals surface area contributed by atoms with E-state index in [1.54, 1.807) is 31.2 Å². The van der Waals surface area contributed by atoms with Gasteiger partial charge < -0.3 is 9.15 Å². The number of aryl methyl sites for hydroxylation is 1. The molecule has 0 aliphatic heterocycles. The minimum Gasteiger partial charge on any atom is -0.462 e. The average Bonchev–Trinajstić information content (AvgIpc) is 3.14. The Labute approximate surface area is 211 Å². The molecule has 0 bridgehead atoms. The number of ether oxygens (including phenoxy) is 1. The summed E-state index contributed by atoms with van der Waals surface area (Å²) in [7, 11) is -4.16. The van der Waals surface area contributed by atoms with E-state index in [2.05, 4.69) is 4.72 Å². The Hall–Kier alpha value is -2.45. The van der Waals surface area contributed by atoms with E-state index in [1.165, 1.54) is 12.1 Å². The highest BCUT2D eigenvalue weighted by atomic mass is 35.5. The Balaban J connectivity index is 1.96. The van der Waals surface area contributed by atoms with E-state index in [9.17, 15) is 13.2 Å². The summed E-state index contributed by atoms with van der Waals surface area (Å²) in [5, 5.41) is 1.80. The molecule has 0 unspecified atom stereocenters. The molecule has 3 aromatic carbocycles. The van der Waals surface area contributed by atoms with Crippen molar-refractivity contribution in [3.8, 4) is 0 Å². The first kappa shape index (κ1) is 24.7. The number of rotatable bonds is 7. The van der Waals surface area contributed by atoms with Gasteiger partial charge in [-0.05, 0) is 31.5 Å². The second-order valence-electron chi connectivity index (χ2n) is 7.52. The van der Waals surface area contributed by atoms with Crippen LogP contribution in [0.1, 0.15) is 36.4 Å². The Morgan fingerprint density at radius 1 is 0.971 bits per heavy atom. The molecule has 6 nitrogen and oxygen atoms in total. The molecule has 4 rings (SSSR count). The number of carbonyl (C=O) groups excluding carboxylic acids is 1. The highest BCUT2D eigenvalue weighted by Crippen LogP contribution is 2.39. The van der Waals surface area contributed by atoms with Crippen LogP contribution in [0.15, 0.2) is 51.8 Å². The molecule has 4 aromatic rings. The molecular formula is C24H20Cl3NO5S. The van der Waals surface area contributed by atoms with Crippen LogP contribution >= 0.6 is 34.8 Å². The number of sulfonamides is 1. The fraction of sp³-hybridized carbons (Fsp3) is 0.208. The largest absolute Gasteiger partial charge is 0.462 e. The van der Waals surface area contributed by atoms with Gasteiger partial charge in [-0.15, -0.1) is 0 Å². The molecule has 0 saturated heterocycles. The zero-order valence-electron chi connectivity index (χ0n) is 18.2. The van der Waals surface area contributed by atoms with Gasteiger partial charge in [0.05, 0.1) is 27.4 Å². The van der Waals surface area contributed by atoms with Gasteiger partial charge in [-0.25, -0.2) is 13.2 Å². The molecule has 0 aliphatic rings. The van der Waals surface area contributed by atoms with Gasteiger partial charge >= 0.3 is 5.97 Å². The maximum atomic E-state index is 13.3. The number of halogens is 3. The van der Waals surface area contributed by atoms with Crippen molar-refractivity contribution in [1.29, 1.82) is 0 Å². The number of benzene rings is 3. The molecule has 1 aromatic heterocycles. The minimum absolute atomic E-state index is 0.0513. The van der Waals surface area contributed by atoms with Crippen molar-refractivity contribution >= 4 is 78.2 Å². The van der Waals surface area contributed by atoms with Crippen LogP contribution in [-0.4, -0.2) is 21.0 Å². The van der Waals surface area contributed by atoms with Crippen LogP contribution in [0.4, 0.5) is 5.69 Å². The van der Waals surface area contributed by atoms with Crippen LogP contribution in [0.25, 0.3) is 21.7 Å². The van der Waals surface area contributed by atoms with Crippen molar-refractivity contribution in [2.75, 3.05) is 11.3 Å². The fourth-order valence-electron chi connectivity index (χ4n) is 3.79. The van der Waals surface area contributed by atoms with Crippen LogP contribution in [0, 0.1) is 0 Å². The molecule has 34 heavy (non-hydrogen) atoms. The van der Waals surface area contributed by atoms with Crippen LogP contribution in [-0.2, 0) is 21.2 Å². The lowest BCUT2D eigenvalue weighted by Crippen LogP contribution is -2.14. The van der Waals surface area contributed by atoms with Gasteiger partial charge in [-0.2, -0.15) is 0 Å². The molecule has 0 spiro atoms. The van der Waals surface area contributed by atoms with E-state index in [4.69, 9.17) is 44.0 Å². The molecule has 10 heteroatoms. The van der Waals surface area contributed by atoms with Crippen molar-refractivity contribution < 1.29 is 22.4 Å². The summed E-state index contributed by atoms with van der Waals surface area (Å²) < 4.78 is 40.5. The van der Waals surface area contributed by atoms with Gasteiger partial charge in [0.15, 0.2) is 0 Å². The predicted octanol–water partition coefficient (Wildman–Crippen LogP) is 7.48. The molecule has 178 valence electrons. The summed E-state index contributed by atoms with van der Waals surface area (Å²) in [6.07, 6.45) is 1.27. The third-order valence-corrected chi connectivity index (χ3v) is 7.79. The molecule has 0 fully saturated rings. The maximum absolute atomic E-state index is 13.3. The number of anilines is 1. The Morgan fingerprint density at radius 3 is 2.32 bits per heavy atom. The van der Waals surface area contributed by atoms with Gasteiger partial charge in [0.2, 0.25) is 0 Å². The minimum atomic E-state index is -4.16. The number of hydrogen-bond acceptors (Lipinski definition) is 5. The highest BCUT2D eigenvalue weighted by Gasteiger charge is 2.26. The third kappa shape index (κ3) is 4.45. The second kappa shape index (κ2) is 9.66. The number of carbonyl (C=O) groups is 1. The van der Waals surface area contributed by atoms with Crippen LogP contribution in [0.2, 0.25) is 15.1 Å². The number of furan rings is 1. The molecule has 0 amide bonds. The van der Waals surface area contributed by atoms with Gasteiger partial charge in [0.25, 0.3) is 10.0 Å². The summed E-state index contributed by atoms with van der Waals surface area (Å²) in [6.45, 7) is 3.89. The smallest absolute Gasteiger partial charge is 0.342 e. The predicted molar refractivity (Wildman–Crippen MR) is 136 cm³/mol. The monoisotopic (exact) mass is 539 g/mol. The summed E-state index contributed by atoms with van der Waals surface area (Å²) in [5.41, 5.74) is 1.02. The van der Waals surface area contributed by atoms with Crippen molar-refractivity contribution in [3.63, 3.8) is 0 Å². The van der Waals surface area contributed by atoms with Crippen LogP contribution < -0.4 is 4.72 Å². The van der Waals surface area contributed by atoms with Crippen LogP contribution in [0.3, 0.4) is 0 Å². The number of fused-ring (bicyclic) bond motifs is 3. The zero-order chi connectivity index (χ0) is 24.6. The van der Waals surface area contributed by atoms with E-state index in [0.717, 1.165) is 6.42 Å². The standard InChI is InChI=1S/C24H20Cl3NO5S/c1-3-7-20-22(24(29)32-4-2)15-10-19(13-8-5-6-9-14(13)23(15)33-20)28-34(30,31)21-12-17(26)16(25)11-18(21)27/h5-6,8-12,28H,3-4,7H2,1-2H3. The Kier molecular flexibility index (Phi) is 7.01. The van der Waals surface area contributed by atoms with E-state index in [0.29, 0.717) is 33.9 Å². The van der Waals surface area contributed by atoms with Gasteiger partial charge in [0, 0.05) is 22.6 Å². The lowest BCUT2D eigenvalue weighted by molar-refractivity contribution is 0.0526. The lowest BCUT2D eigenvalue weighted by atomic mass is 10.0. The summed E-state index contributed by atoms with van der Waals surface area (Å²) in [4.78, 5) is 12.6. The fourth-order valence-corrected chi connectivity index (χ4v) is 5.87. The van der Waals surface area contributed by atoms with Crippen molar-refractivity contribution in [3.05, 3.63) is 68.9 Å². The quantitative estimate of drug-likeness (QED) is 0.194. The van der Waals surface area contributed by atoms with Crippen molar-refractivity contribution in [1.82, 2.24) is 0 Å². The number of esters is 1. The molecular weight excluding hydrogens is 521 g/mol. The topological polar surface area (TPSA) is 85.6 Å². The second-order valence-corrected chi connectivity index (χ2v) is 10.4. The maximum Gasteiger partial charge on any atom is 0.342 e. The first-order chi connectivity index (χ1) is 16.2. The van der Waals surface area contributed by atoms with Crippen molar-refractivity contribution in [2.45, 2.75) is 31.6 Å². The number of hydrogen-bond donors (Lipinski definition) is 1. The van der Waals surface area contributed by atoms with Gasteiger partial charge in [0.1, 0.15) is 21.8 Å². The van der Waals surface area contributed by atoms with E-state index >= 15 is 0 Å². The first-order valence-corrected chi connectivity index (χ1v) is 13.1. The normalized spacial score (nSPS) is 11.8. The SMILES string of the molecule is CCCc1oc2c(cc(NS(=O)(=O)c3cc(Cl)c(Cl)cc3Cl)c3ccccc32)c1C(=O)OCC.